The molecule has 1 aliphatic rings. The number of benzene rings is 1. The zero-order valence-electron chi connectivity index (χ0n) is 15.3. The van der Waals surface area contributed by atoms with Crippen LogP contribution in [0.4, 0.5) is 10.5 Å². The summed E-state index contributed by atoms with van der Waals surface area (Å²) in [5.74, 6) is 0.0437. The normalized spacial score (nSPS) is 19.8. The lowest BCUT2D eigenvalue weighted by atomic mass is 10.0. The summed E-state index contributed by atoms with van der Waals surface area (Å²) >= 11 is 0. The molecule has 0 bridgehead atoms. The second kappa shape index (κ2) is 8.34. The molecule has 6 heteroatoms. The number of anilines is 1. The molecule has 0 aliphatic carbocycles. The molecule has 0 spiro atoms. The lowest BCUT2D eigenvalue weighted by Gasteiger charge is -2.33. The maximum absolute atomic E-state index is 12.6. The number of nitrogens with zero attached hydrogens (tertiary/aromatic N) is 1. The molecule has 2 atom stereocenters. The lowest BCUT2D eigenvalue weighted by molar-refractivity contribution is 0.0586. The van der Waals surface area contributed by atoms with Gasteiger partial charge in [0.25, 0.3) is 5.91 Å². The molecule has 138 valence electrons. The van der Waals surface area contributed by atoms with Gasteiger partial charge in [-0.1, -0.05) is 6.92 Å². The summed E-state index contributed by atoms with van der Waals surface area (Å²) in [7, 11) is 0. The second-order valence-corrected chi connectivity index (χ2v) is 7.08. The molecule has 0 radical (unpaired) electrons. The molecule has 2 rings (SSSR count). The third-order valence-electron chi connectivity index (χ3n) is 4.85. The molecule has 0 aromatic heterocycles. The maximum atomic E-state index is 12.6. The third kappa shape index (κ3) is 5.46. The summed E-state index contributed by atoms with van der Waals surface area (Å²) in [4.78, 5) is 26.4. The van der Waals surface area contributed by atoms with E-state index in [9.17, 15) is 14.7 Å². The van der Waals surface area contributed by atoms with Crippen molar-refractivity contribution in [2.75, 3.05) is 18.4 Å². The fraction of sp³-hybridized carbons (Fsp3) is 0.579. The number of carbonyl (C=O) groups is 2. The van der Waals surface area contributed by atoms with E-state index in [4.69, 9.17) is 0 Å². The number of amides is 3. The van der Waals surface area contributed by atoms with Crippen LogP contribution < -0.4 is 10.6 Å². The number of likely N-dealkylation sites (tertiary alicyclic amines) is 1. The van der Waals surface area contributed by atoms with Crippen LogP contribution in [0.3, 0.4) is 0 Å². The Kier molecular flexibility index (Phi) is 6.42. The average molecular weight is 347 g/mol. The predicted octanol–water partition coefficient (Wildman–Crippen LogP) is 2.98. The van der Waals surface area contributed by atoms with Crippen molar-refractivity contribution >= 4 is 17.6 Å². The molecule has 3 N–H and O–H groups in total. The van der Waals surface area contributed by atoms with Crippen LogP contribution >= 0.6 is 0 Å². The summed E-state index contributed by atoms with van der Waals surface area (Å²) in [6, 6.07) is 6.82. The van der Waals surface area contributed by atoms with Gasteiger partial charge in [-0.15, -0.1) is 0 Å². The number of nitrogens with one attached hydrogen (secondary N) is 2. The van der Waals surface area contributed by atoms with Gasteiger partial charge in [-0.3, -0.25) is 4.79 Å². The molecule has 6 nitrogen and oxygen atoms in total. The molecule has 1 aromatic carbocycles. The van der Waals surface area contributed by atoms with Crippen LogP contribution in [0.15, 0.2) is 24.3 Å². The van der Waals surface area contributed by atoms with Crippen molar-refractivity contribution in [2.24, 2.45) is 0 Å². The molecule has 0 saturated carbocycles. The number of urea groups is 1. The van der Waals surface area contributed by atoms with Crippen molar-refractivity contribution in [3.8, 4) is 0 Å². The Morgan fingerprint density at radius 2 is 1.96 bits per heavy atom. The zero-order chi connectivity index (χ0) is 18.4. The van der Waals surface area contributed by atoms with Gasteiger partial charge in [-0.05, 0) is 63.8 Å². The van der Waals surface area contributed by atoms with Crippen molar-refractivity contribution in [1.29, 1.82) is 0 Å². The van der Waals surface area contributed by atoms with Crippen LogP contribution in [-0.2, 0) is 0 Å². The Balaban J connectivity index is 1.91. The number of piperidine rings is 1. The third-order valence-corrected chi connectivity index (χ3v) is 4.85. The molecular formula is C19H29N3O3. The Labute approximate surface area is 149 Å². The van der Waals surface area contributed by atoms with Crippen molar-refractivity contribution in [3.63, 3.8) is 0 Å². The molecule has 1 heterocycles. The molecule has 1 aliphatic heterocycles. The van der Waals surface area contributed by atoms with E-state index in [-0.39, 0.29) is 24.5 Å². The van der Waals surface area contributed by atoms with Crippen LogP contribution in [0, 0.1) is 0 Å². The highest BCUT2D eigenvalue weighted by Crippen LogP contribution is 2.20. The van der Waals surface area contributed by atoms with Gasteiger partial charge in [0.1, 0.15) is 0 Å². The van der Waals surface area contributed by atoms with Crippen LogP contribution in [-0.4, -0.2) is 46.7 Å². The van der Waals surface area contributed by atoms with Crippen LogP contribution in [0.5, 0.6) is 0 Å². The minimum atomic E-state index is -0.918. The molecule has 3 amide bonds. The summed E-state index contributed by atoms with van der Waals surface area (Å²) in [6.07, 6.45) is 3.83. The smallest absolute Gasteiger partial charge is 0.319 e. The highest BCUT2D eigenvalue weighted by Gasteiger charge is 2.24. The lowest BCUT2D eigenvalue weighted by Crippen LogP contribution is -2.42. The van der Waals surface area contributed by atoms with Crippen LogP contribution in [0.25, 0.3) is 0 Å². The predicted molar refractivity (Wildman–Crippen MR) is 98.7 cm³/mol. The average Bonchev–Trinajstić information content (AvgIpc) is 2.61. The maximum Gasteiger partial charge on any atom is 0.319 e. The fourth-order valence-electron chi connectivity index (χ4n) is 2.83. The highest BCUT2D eigenvalue weighted by atomic mass is 16.3. The summed E-state index contributed by atoms with van der Waals surface area (Å²) in [5.41, 5.74) is 0.323. The topological polar surface area (TPSA) is 81.7 Å². The second-order valence-electron chi connectivity index (χ2n) is 7.08. The van der Waals surface area contributed by atoms with Crippen LogP contribution in [0.1, 0.15) is 56.8 Å². The van der Waals surface area contributed by atoms with E-state index in [1.807, 2.05) is 11.8 Å². The largest absolute Gasteiger partial charge is 0.388 e. The SMILES string of the molecule is CC[C@](C)(O)CNC(=O)Nc1ccc(C(=O)N2CCCC[C@@H]2C)cc1. The van der Waals surface area contributed by atoms with Gasteiger partial charge in [-0.25, -0.2) is 4.79 Å². The van der Waals surface area contributed by atoms with Gasteiger partial charge in [0, 0.05) is 30.4 Å². The molecule has 1 fully saturated rings. The van der Waals surface area contributed by atoms with Crippen molar-refractivity contribution < 1.29 is 14.7 Å². The number of carbonyl (C=O) groups excluding carboxylic acids is 2. The molecular weight excluding hydrogens is 318 g/mol. The van der Waals surface area contributed by atoms with Crippen molar-refractivity contribution in [3.05, 3.63) is 29.8 Å². The van der Waals surface area contributed by atoms with Gasteiger partial charge >= 0.3 is 6.03 Å². The number of hydrogen-bond donors (Lipinski definition) is 3. The van der Waals surface area contributed by atoms with Crippen molar-refractivity contribution in [2.45, 2.75) is 58.1 Å². The summed E-state index contributed by atoms with van der Waals surface area (Å²) in [6.45, 7) is 6.61. The van der Waals surface area contributed by atoms with E-state index in [1.165, 1.54) is 6.42 Å². The first-order valence-electron chi connectivity index (χ1n) is 9.00. The number of aliphatic hydroxyl groups is 1. The fourth-order valence-corrected chi connectivity index (χ4v) is 2.83. The molecule has 1 saturated heterocycles. The van der Waals surface area contributed by atoms with Gasteiger partial charge in [0.2, 0.25) is 0 Å². The zero-order valence-corrected chi connectivity index (χ0v) is 15.3. The van der Waals surface area contributed by atoms with Gasteiger partial charge in [-0.2, -0.15) is 0 Å². The van der Waals surface area contributed by atoms with Crippen molar-refractivity contribution in [1.82, 2.24) is 10.2 Å². The first-order chi connectivity index (χ1) is 11.8. The summed E-state index contributed by atoms with van der Waals surface area (Å²) < 4.78 is 0. The molecule has 0 unspecified atom stereocenters. The number of rotatable bonds is 5. The number of hydrogen-bond acceptors (Lipinski definition) is 3. The Morgan fingerprint density at radius 3 is 2.56 bits per heavy atom. The van der Waals surface area contributed by atoms with E-state index in [0.717, 1.165) is 19.4 Å². The van der Waals surface area contributed by atoms with Gasteiger partial charge in [0.05, 0.1) is 5.60 Å². The van der Waals surface area contributed by atoms with E-state index in [0.29, 0.717) is 17.7 Å². The quantitative estimate of drug-likeness (QED) is 0.766. The first-order valence-corrected chi connectivity index (χ1v) is 9.00. The van der Waals surface area contributed by atoms with E-state index in [2.05, 4.69) is 17.6 Å². The Bertz CT molecular complexity index is 598. The van der Waals surface area contributed by atoms with Gasteiger partial charge in [0.15, 0.2) is 0 Å². The molecule has 1 aromatic rings. The Hall–Kier alpha value is -2.08. The van der Waals surface area contributed by atoms with Crippen LogP contribution in [0.2, 0.25) is 0 Å². The van der Waals surface area contributed by atoms with E-state index >= 15 is 0 Å². The minimum absolute atomic E-state index is 0.0437. The first kappa shape index (κ1) is 19.2. The minimum Gasteiger partial charge on any atom is -0.388 e. The standard InChI is InChI=1S/C19H29N3O3/c1-4-19(3,25)13-20-18(24)21-16-10-8-15(9-11-16)17(23)22-12-6-5-7-14(22)2/h8-11,14,25H,4-7,12-13H2,1-3H3,(H2,20,21,24)/t14-,19-/m0/s1. The van der Waals surface area contributed by atoms with E-state index < -0.39 is 5.60 Å². The highest BCUT2D eigenvalue weighted by molar-refractivity contribution is 5.95. The van der Waals surface area contributed by atoms with E-state index in [1.54, 1.807) is 31.2 Å². The Morgan fingerprint density at radius 1 is 1.28 bits per heavy atom. The molecule has 25 heavy (non-hydrogen) atoms. The monoisotopic (exact) mass is 347 g/mol. The van der Waals surface area contributed by atoms with Gasteiger partial charge < -0.3 is 20.6 Å². The summed E-state index contributed by atoms with van der Waals surface area (Å²) in [5, 5.41) is 15.2.